The van der Waals surface area contributed by atoms with Crippen molar-refractivity contribution in [2.45, 2.75) is 12.2 Å². The highest BCUT2D eigenvalue weighted by Crippen LogP contribution is 2.09. The molecule has 1 fully saturated rings. The van der Waals surface area contributed by atoms with E-state index >= 15 is 0 Å². The topological polar surface area (TPSA) is 62.2 Å². The standard InChI is InChI=1S/C6H12O4/c7-1-5(2-8)9-3-6-4-10-6/h5-8H,1-4H2. The molecule has 1 rings (SSSR count). The molecule has 60 valence electrons. The summed E-state index contributed by atoms with van der Waals surface area (Å²) < 4.78 is 9.90. The number of rotatable bonds is 5. The largest absolute Gasteiger partial charge is 0.394 e. The minimum Gasteiger partial charge on any atom is -0.394 e. The molecular formula is C6H12O4. The van der Waals surface area contributed by atoms with Crippen LogP contribution in [-0.4, -0.2) is 48.8 Å². The monoisotopic (exact) mass is 148 g/mol. The number of epoxide rings is 1. The van der Waals surface area contributed by atoms with Gasteiger partial charge in [-0.1, -0.05) is 0 Å². The van der Waals surface area contributed by atoms with Crippen LogP contribution in [0.25, 0.3) is 0 Å². The van der Waals surface area contributed by atoms with Crippen LogP contribution in [0.2, 0.25) is 0 Å². The molecule has 0 amide bonds. The molecule has 4 nitrogen and oxygen atoms in total. The van der Waals surface area contributed by atoms with Gasteiger partial charge in [-0.25, -0.2) is 0 Å². The van der Waals surface area contributed by atoms with Crippen LogP contribution < -0.4 is 0 Å². The lowest BCUT2D eigenvalue weighted by Crippen LogP contribution is -2.23. The lowest BCUT2D eigenvalue weighted by atomic mass is 10.4. The van der Waals surface area contributed by atoms with Gasteiger partial charge in [-0.05, 0) is 0 Å². The predicted octanol–water partition coefficient (Wildman–Crippen LogP) is -1.24. The Morgan fingerprint density at radius 1 is 1.50 bits per heavy atom. The SMILES string of the molecule is OCC(CO)OCC1CO1. The second kappa shape index (κ2) is 3.88. The summed E-state index contributed by atoms with van der Waals surface area (Å²) in [4.78, 5) is 0. The highest BCUT2D eigenvalue weighted by atomic mass is 16.6. The molecule has 1 unspecified atom stereocenters. The van der Waals surface area contributed by atoms with Crippen LogP contribution in [0.1, 0.15) is 0 Å². The van der Waals surface area contributed by atoms with Crippen molar-refractivity contribution in [1.82, 2.24) is 0 Å². The first-order valence-electron chi connectivity index (χ1n) is 3.31. The summed E-state index contributed by atoms with van der Waals surface area (Å²) in [7, 11) is 0. The smallest absolute Gasteiger partial charge is 0.104 e. The molecule has 0 aromatic rings. The van der Waals surface area contributed by atoms with Crippen molar-refractivity contribution in [2.75, 3.05) is 26.4 Å². The summed E-state index contributed by atoms with van der Waals surface area (Å²) in [6, 6.07) is 0. The van der Waals surface area contributed by atoms with Crippen molar-refractivity contribution in [3.05, 3.63) is 0 Å². The van der Waals surface area contributed by atoms with Crippen LogP contribution in [0.4, 0.5) is 0 Å². The van der Waals surface area contributed by atoms with E-state index in [4.69, 9.17) is 19.7 Å². The van der Waals surface area contributed by atoms with Crippen molar-refractivity contribution >= 4 is 0 Å². The van der Waals surface area contributed by atoms with Gasteiger partial charge in [0.25, 0.3) is 0 Å². The fraction of sp³-hybridized carbons (Fsp3) is 1.00. The zero-order valence-corrected chi connectivity index (χ0v) is 5.69. The van der Waals surface area contributed by atoms with Crippen LogP contribution in [-0.2, 0) is 9.47 Å². The second-order valence-corrected chi connectivity index (χ2v) is 2.28. The Bertz CT molecular complexity index is 87.7. The average molecular weight is 148 g/mol. The summed E-state index contributed by atoms with van der Waals surface area (Å²) in [6.07, 6.45) is -0.246. The van der Waals surface area contributed by atoms with Crippen molar-refractivity contribution in [2.24, 2.45) is 0 Å². The maximum absolute atomic E-state index is 8.53. The van der Waals surface area contributed by atoms with Gasteiger partial charge in [-0.2, -0.15) is 0 Å². The van der Waals surface area contributed by atoms with Crippen LogP contribution in [0.15, 0.2) is 0 Å². The van der Waals surface area contributed by atoms with Crippen molar-refractivity contribution in [1.29, 1.82) is 0 Å². The van der Waals surface area contributed by atoms with E-state index in [1.165, 1.54) is 0 Å². The van der Waals surface area contributed by atoms with E-state index in [2.05, 4.69) is 0 Å². The Balaban J connectivity index is 1.97. The number of hydrogen-bond donors (Lipinski definition) is 2. The number of aliphatic hydroxyl groups is 2. The van der Waals surface area contributed by atoms with Gasteiger partial charge in [0.1, 0.15) is 12.2 Å². The van der Waals surface area contributed by atoms with Crippen LogP contribution in [0.3, 0.4) is 0 Å². The Morgan fingerprint density at radius 3 is 2.50 bits per heavy atom. The first-order chi connectivity index (χ1) is 4.86. The fourth-order valence-electron chi connectivity index (χ4n) is 0.571. The minimum atomic E-state index is -0.441. The van der Waals surface area contributed by atoms with E-state index in [-0.39, 0.29) is 19.3 Å². The summed E-state index contributed by atoms with van der Waals surface area (Å²) in [5, 5.41) is 17.1. The minimum absolute atomic E-state index is 0.136. The fourth-order valence-corrected chi connectivity index (χ4v) is 0.571. The third kappa shape index (κ3) is 2.62. The van der Waals surface area contributed by atoms with Gasteiger partial charge >= 0.3 is 0 Å². The van der Waals surface area contributed by atoms with Gasteiger partial charge in [0.2, 0.25) is 0 Å². The Morgan fingerprint density at radius 2 is 2.10 bits per heavy atom. The molecule has 1 saturated heterocycles. The van der Waals surface area contributed by atoms with Crippen molar-refractivity contribution < 1.29 is 19.7 Å². The van der Waals surface area contributed by atoms with Crippen molar-refractivity contribution in [3.8, 4) is 0 Å². The van der Waals surface area contributed by atoms with Crippen LogP contribution >= 0.6 is 0 Å². The average Bonchev–Trinajstić information content (AvgIpc) is 2.74. The molecule has 4 heteroatoms. The van der Waals surface area contributed by atoms with Gasteiger partial charge < -0.3 is 19.7 Å². The predicted molar refractivity (Wildman–Crippen MR) is 33.7 cm³/mol. The third-order valence-corrected chi connectivity index (χ3v) is 1.33. The molecule has 1 atom stereocenters. The van der Waals surface area contributed by atoms with Gasteiger partial charge in [-0.3, -0.25) is 0 Å². The molecule has 1 heterocycles. The first kappa shape index (κ1) is 7.94. The molecule has 0 saturated carbocycles. The highest BCUT2D eigenvalue weighted by Gasteiger charge is 2.23. The Kier molecular flexibility index (Phi) is 3.08. The number of aliphatic hydroxyl groups excluding tert-OH is 2. The molecule has 0 aromatic carbocycles. The molecule has 0 aliphatic carbocycles. The molecule has 2 N–H and O–H groups in total. The number of hydrogen-bond acceptors (Lipinski definition) is 4. The summed E-state index contributed by atoms with van der Waals surface area (Å²) in [5.74, 6) is 0. The van der Waals surface area contributed by atoms with Crippen LogP contribution in [0, 0.1) is 0 Å². The second-order valence-electron chi connectivity index (χ2n) is 2.28. The Labute approximate surface area is 59.4 Å². The molecule has 0 spiro atoms. The third-order valence-electron chi connectivity index (χ3n) is 1.33. The molecule has 0 radical (unpaired) electrons. The number of ether oxygens (including phenoxy) is 2. The zero-order valence-electron chi connectivity index (χ0n) is 5.69. The van der Waals surface area contributed by atoms with E-state index in [1.54, 1.807) is 0 Å². The molecular weight excluding hydrogens is 136 g/mol. The summed E-state index contributed by atoms with van der Waals surface area (Å²) in [5.41, 5.74) is 0. The van der Waals surface area contributed by atoms with Gasteiger partial charge in [0, 0.05) is 0 Å². The zero-order chi connectivity index (χ0) is 7.40. The Hall–Kier alpha value is -0.160. The van der Waals surface area contributed by atoms with Gasteiger partial charge in [0.05, 0.1) is 26.4 Å². The molecule has 1 aliphatic heterocycles. The maximum Gasteiger partial charge on any atom is 0.104 e. The van der Waals surface area contributed by atoms with E-state index in [0.29, 0.717) is 6.61 Å². The quantitative estimate of drug-likeness (QED) is 0.478. The highest BCUT2D eigenvalue weighted by molar-refractivity contribution is 4.68. The van der Waals surface area contributed by atoms with Crippen LogP contribution in [0.5, 0.6) is 0 Å². The summed E-state index contributed by atoms with van der Waals surface area (Å²) in [6.45, 7) is 0.946. The molecule has 0 aromatic heterocycles. The summed E-state index contributed by atoms with van der Waals surface area (Å²) >= 11 is 0. The maximum atomic E-state index is 8.53. The van der Waals surface area contributed by atoms with E-state index in [0.717, 1.165) is 6.61 Å². The molecule has 10 heavy (non-hydrogen) atoms. The van der Waals surface area contributed by atoms with E-state index < -0.39 is 6.10 Å². The van der Waals surface area contributed by atoms with E-state index in [9.17, 15) is 0 Å². The van der Waals surface area contributed by atoms with Crippen molar-refractivity contribution in [3.63, 3.8) is 0 Å². The first-order valence-corrected chi connectivity index (χ1v) is 3.31. The lowest BCUT2D eigenvalue weighted by Gasteiger charge is -2.10. The normalized spacial score (nSPS) is 23.7. The van der Waals surface area contributed by atoms with Gasteiger partial charge in [-0.15, -0.1) is 0 Å². The molecule has 0 bridgehead atoms. The van der Waals surface area contributed by atoms with Gasteiger partial charge in [0.15, 0.2) is 0 Å². The van der Waals surface area contributed by atoms with E-state index in [1.807, 2.05) is 0 Å². The molecule has 1 aliphatic rings. The lowest BCUT2D eigenvalue weighted by molar-refractivity contribution is -0.0246.